The smallest absolute Gasteiger partial charge is 0.0602 e. The highest BCUT2D eigenvalue weighted by Gasteiger charge is 2.60. The number of hydrogen-bond donors (Lipinski definition) is 1. The van der Waals surface area contributed by atoms with Crippen LogP contribution in [0, 0.1) is 23.2 Å². The molecule has 0 radical (unpaired) electrons. The van der Waals surface area contributed by atoms with E-state index in [1.54, 1.807) is 5.57 Å². The molecular formula is C15H26O. The fourth-order valence-electron chi connectivity index (χ4n) is 3.62. The van der Waals surface area contributed by atoms with Crippen LogP contribution in [0.1, 0.15) is 53.4 Å². The van der Waals surface area contributed by atoms with E-state index in [0.717, 1.165) is 18.8 Å². The van der Waals surface area contributed by atoms with Crippen LogP contribution in [0.3, 0.4) is 0 Å². The third-order valence-corrected chi connectivity index (χ3v) is 5.05. The molecule has 0 aromatic heterocycles. The summed E-state index contributed by atoms with van der Waals surface area (Å²) in [6, 6.07) is 0. The zero-order chi connectivity index (χ0) is 11.9. The molecule has 2 aliphatic carbocycles. The van der Waals surface area contributed by atoms with Crippen LogP contribution in [0.4, 0.5) is 0 Å². The Morgan fingerprint density at radius 1 is 1.31 bits per heavy atom. The second-order valence-electron chi connectivity index (χ2n) is 6.59. The topological polar surface area (TPSA) is 20.2 Å². The summed E-state index contributed by atoms with van der Waals surface area (Å²) in [4.78, 5) is 0. The molecule has 0 aromatic rings. The molecule has 1 nitrogen and oxygen atoms in total. The van der Waals surface area contributed by atoms with Crippen LogP contribution in [-0.4, -0.2) is 11.2 Å². The quantitative estimate of drug-likeness (QED) is 0.618. The van der Waals surface area contributed by atoms with Crippen LogP contribution in [0.2, 0.25) is 0 Å². The molecular weight excluding hydrogens is 196 g/mol. The van der Waals surface area contributed by atoms with Gasteiger partial charge in [-0.05, 0) is 55.8 Å². The molecule has 0 spiro atoms. The summed E-state index contributed by atoms with van der Waals surface area (Å²) in [5, 5.41) is 10.4. The molecule has 2 aliphatic rings. The van der Waals surface area contributed by atoms with Gasteiger partial charge in [0, 0.05) is 0 Å². The number of rotatable bonds is 0. The Morgan fingerprint density at radius 2 is 2.00 bits per heavy atom. The fourth-order valence-corrected chi connectivity index (χ4v) is 3.62. The van der Waals surface area contributed by atoms with Gasteiger partial charge in [0.1, 0.15) is 0 Å². The summed E-state index contributed by atoms with van der Waals surface area (Å²) in [7, 11) is 0. The van der Waals surface area contributed by atoms with Gasteiger partial charge in [-0.2, -0.15) is 0 Å². The third-order valence-electron chi connectivity index (χ3n) is 5.05. The standard InChI is InChI=1S/C15H26O/c1-10-6-5-7-11(2)14(16)13-12(9-8-10)15(13,3)4/h6,11-14,16H,5,7-9H2,1-4H3/b10-6+/t11-,12+,13-,14?/m0/s1. The van der Waals surface area contributed by atoms with E-state index in [2.05, 4.69) is 33.8 Å². The van der Waals surface area contributed by atoms with E-state index < -0.39 is 0 Å². The maximum absolute atomic E-state index is 10.4. The Morgan fingerprint density at radius 3 is 2.69 bits per heavy atom. The van der Waals surface area contributed by atoms with Crippen molar-refractivity contribution in [2.75, 3.05) is 0 Å². The lowest BCUT2D eigenvalue weighted by Gasteiger charge is -2.20. The van der Waals surface area contributed by atoms with Crippen molar-refractivity contribution in [3.05, 3.63) is 11.6 Å². The van der Waals surface area contributed by atoms with E-state index in [1.807, 2.05) is 0 Å². The number of fused-ring (bicyclic) bond motifs is 1. The zero-order valence-electron chi connectivity index (χ0n) is 11.2. The fraction of sp³-hybridized carbons (Fsp3) is 0.867. The second kappa shape index (κ2) is 4.18. The maximum Gasteiger partial charge on any atom is 0.0602 e. The van der Waals surface area contributed by atoms with Gasteiger partial charge < -0.3 is 5.11 Å². The maximum atomic E-state index is 10.4. The first-order valence-electron chi connectivity index (χ1n) is 6.78. The lowest BCUT2D eigenvalue weighted by Crippen LogP contribution is -2.22. The largest absolute Gasteiger partial charge is 0.393 e. The first kappa shape index (κ1) is 12.2. The Labute approximate surface area is 99.9 Å². The van der Waals surface area contributed by atoms with Gasteiger partial charge in [0.05, 0.1) is 6.10 Å². The van der Waals surface area contributed by atoms with Crippen molar-refractivity contribution in [2.45, 2.75) is 59.5 Å². The third kappa shape index (κ3) is 2.07. The first-order valence-corrected chi connectivity index (χ1v) is 6.78. The van der Waals surface area contributed by atoms with Gasteiger partial charge in [0.25, 0.3) is 0 Å². The SMILES string of the molecule is C/C1=C\CC[C@H](C)C(O)[C@@H]2[C@@H](CC1)C2(C)C. The van der Waals surface area contributed by atoms with Gasteiger partial charge in [-0.3, -0.25) is 0 Å². The lowest BCUT2D eigenvalue weighted by atomic mass is 9.91. The molecule has 1 unspecified atom stereocenters. The Kier molecular flexibility index (Phi) is 3.18. The molecule has 2 rings (SSSR count). The molecule has 0 aliphatic heterocycles. The summed E-state index contributed by atoms with van der Waals surface area (Å²) in [5.74, 6) is 1.75. The molecule has 1 N–H and O–H groups in total. The Bertz CT molecular complexity index is 290. The van der Waals surface area contributed by atoms with Crippen LogP contribution < -0.4 is 0 Å². The minimum absolute atomic E-state index is 0.0770. The van der Waals surface area contributed by atoms with Gasteiger partial charge >= 0.3 is 0 Å². The van der Waals surface area contributed by atoms with Crippen LogP contribution in [0.15, 0.2) is 11.6 Å². The highest BCUT2D eigenvalue weighted by molar-refractivity contribution is 5.11. The second-order valence-corrected chi connectivity index (χ2v) is 6.59. The van der Waals surface area contributed by atoms with E-state index in [4.69, 9.17) is 0 Å². The molecule has 0 heterocycles. The van der Waals surface area contributed by atoms with Gasteiger partial charge in [0.2, 0.25) is 0 Å². The molecule has 0 saturated heterocycles. The first-order chi connectivity index (χ1) is 7.44. The zero-order valence-corrected chi connectivity index (χ0v) is 11.2. The van der Waals surface area contributed by atoms with E-state index in [0.29, 0.717) is 17.3 Å². The van der Waals surface area contributed by atoms with E-state index in [1.165, 1.54) is 12.8 Å². The van der Waals surface area contributed by atoms with Crippen molar-refractivity contribution < 1.29 is 5.11 Å². The van der Waals surface area contributed by atoms with Crippen molar-refractivity contribution in [3.8, 4) is 0 Å². The average Bonchev–Trinajstić information content (AvgIpc) is 2.75. The number of hydrogen-bond acceptors (Lipinski definition) is 1. The average molecular weight is 222 g/mol. The summed E-state index contributed by atoms with van der Waals surface area (Å²) >= 11 is 0. The monoisotopic (exact) mass is 222 g/mol. The predicted octanol–water partition coefficient (Wildman–Crippen LogP) is 3.78. The molecule has 1 heteroatoms. The van der Waals surface area contributed by atoms with Gasteiger partial charge in [0.15, 0.2) is 0 Å². The van der Waals surface area contributed by atoms with Gasteiger partial charge in [-0.1, -0.05) is 32.4 Å². The van der Waals surface area contributed by atoms with Crippen LogP contribution >= 0.6 is 0 Å². The highest BCUT2D eigenvalue weighted by atomic mass is 16.3. The highest BCUT2D eigenvalue weighted by Crippen LogP contribution is 2.63. The molecule has 0 bridgehead atoms. The molecule has 4 atom stereocenters. The van der Waals surface area contributed by atoms with Crippen molar-refractivity contribution >= 4 is 0 Å². The number of aliphatic hydroxyl groups excluding tert-OH is 1. The Hall–Kier alpha value is -0.300. The molecule has 1 fully saturated rings. The summed E-state index contributed by atoms with van der Waals surface area (Å²) in [5.41, 5.74) is 1.92. The molecule has 0 aromatic carbocycles. The van der Waals surface area contributed by atoms with Crippen LogP contribution in [0.25, 0.3) is 0 Å². The van der Waals surface area contributed by atoms with Crippen molar-refractivity contribution in [3.63, 3.8) is 0 Å². The minimum Gasteiger partial charge on any atom is -0.393 e. The minimum atomic E-state index is -0.0770. The summed E-state index contributed by atoms with van der Waals surface area (Å²) in [6.07, 6.45) is 7.07. The predicted molar refractivity (Wildman–Crippen MR) is 68.2 cm³/mol. The normalized spacial score (nSPS) is 46.4. The van der Waals surface area contributed by atoms with E-state index in [-0.39, 0.29) is 6.10 Å². The summed E-state index contributed by atoms with van der Waals surface area (Å²) in [6.45, 7) is 9.12. The van der Waals surface area contributed by atoms with E-state index in [9.17, 15) is 5.11 Å². The Balaban J connectivity index is 2.12. The van der Waals surface area contributed by atoms with E-state index >= 15 is 0 Å². The van der Waals surface area contributed by atoms with Gasteiger partial charge in [-0.25, -0.2) is 0 Å². The van der Waals surface area contributed by atoms with Crippen LogP contribution in [0.5, 0.6) is 0 Å². The van der Waals surface area contributed by atoms with Crippen molar-refractivity contribution in [1.29, 1.82) is 0 Å². The molecule has 92 valence electrons. The van der Waals surface area contributed by atoms with Crippen molar-refractivity contribution in [2.24, 2.45) is 23.2 Å². The molecule has 1 saturated carbocycles. The molecule has 0 amide bonds. The summed E-state index contributed by atoms with van der Waals surface area (Å²) < 4.78 is 0. The number of aliphatic hydroxyl groups is 1. The molecule has 16 heavy (non-hydrogen) atoms. The van der Waals surface area contributed by atoms with Crippen molar-refractivity contribution in [1.82, 2.24) is 0 Å². The number of allylic oxidation sites excluding steroid dienone is 2. The lowest BCUT2D eigenvalue weighted by molar-refractivity contribution is 0.0758. The van der Waals surface area contributed by atoms with Gasteiger partial charge in [-0.15, -0.1) is 0 Å². The van der Waals surface area contributed by atoms with Crippen LogP contribution in [-0.2, 0) is 0 Å².